The summed E-state index contributed by atoms with van der Waals surface area (Å²) in [6.07, 6.45) is 7.36. The van der Waals surface area contributed by atoms with E-state index in [1.165, 1.54) is 12.8 Å². The molecule has 0 fully saturated rings. The normalized spacial score (nSPS) is 13.0. The molecule has 3 heteroatoms. The van der Waals surface area contributed by atoms with Crippen molar-refractivity contribution in [3.05, 3.63) is 18.2 Å². The maximum Gasteiger partial charge on any atom is 0.180 e. The highest BCUT2D eigenvalue weighted by molar-refractivity contribution is 5.94. The van der Waals surface area contributed by atoms with Crippen LogP contribution in [0.5, 0.6) is 0 Å². The van der Waals surface area contributed by atoms with Gasteiger partial charge >= 0.3 is 0 Å². The number of rotatable bonds is 7. The van der Waals surface area contributed by atoms with Gasteiger partial charge in [0, 0.05) is 6.42 Å². The number of Topliss-reactive ketones (excluding diaryl/α,β-unsaturated/α-hetero) is 1. The summed E-state index contributed by atoms with van der Waals surface area (Å²) >= 11 is 0. The van der Waals surface area contributed by atoms with Gasteiger partial charge in [-0.1, -0.05) is 33.6 Å². The predicted molar refractivity (Wildman–Crippen MR) is 65.4 cm³/mol. The van der Waals surface area contributed by atoms with Crippen LogP contribution in [-0.2, 0) is 0 Å². The summed E-state index contributed by atoms with van der Waals surface area (Å²) in [7, 11) is 0. The minimum Gasteiger partial charge on any atom is -0.342 e. The molecule has 0 aliphatic carbocycles. The van der Waals surface area contributed by atoms with Gasteiger partial charge in [-0.15, -0.1) is 0 Å². The standard InChI is InChI=1S/C13H22N2O/c1-4-5-6-11(10(2)3)7-13(16)12-8-14-9-15-12/h8-11H,4-7H2,1-3H3,(H,14,15). The van der Waals surface area contributed by atoms with Crippen LogP contribution < -0.4 is 0 Å². The van der Waals surface area contributed by atoms with E-state index in [0.29, 0.717) is 24.0 Å². The summed E-state index contributed by atoms with van der Waals surface area (Å²) in [5.74, 6) is 1.25. The number of aromatic amines is 1. The van der Waals surface area contributed by atoms with Crippen molar-refractivity contribution in [3.63, 3.8) is 0 Å². The molecule has 0 aromatic carbocycles. The van der Waals surface area contributed by atoms with E-state index in [2.05, 4.69) is 30.7 Å². The lowest BCUT2D eigenvalue weighted by molar-refractivity contribution is 0.0939. The van der Waals surface area contributed by atoms with Crippen molar-refractivity contribution < 1.29 is 4.79 Å². The first-order valence-corrected chi connectivity index (χ1v) is 6.16. The average molecular weight is 222 g/mol. The summed E-state index contributed by atoms with van der Waals surface area (Å²) in [5.41, 5.74) is 0.641. The summed E-state index contributed by atoms with van der Waals surface area (Å²) < 4.78 is 0. The first-order chi connectivity index (χ1) is 7.65. The highest BCUT2D eigenvalue weighted by atomic mass is 16.1. The zero-order valence-corrected chi connectivity index (χ0v) is 10.5. The lowest BCUT2D eigenvalue weighted by Crippen LogP contribution is -2.14. The molecule has 1 aromatic heterocycles. The fourth-order valence-electron chi connectivity index (χ4n) is 1.89. The van der Waals surface area contributed by atoms with E-state index < -0.39 is 0 Å². The zero-order chi connectivity index (χ0) is 12.0. The Balaban J connectivity index is 2.51. The van der Waals surface area contributed by atoms with Gasteiger partial charge < -0.3 is 4.98 Å². The SMILES string of the molecule is CCCCC(CC(=O)c1cnc[nH]1)C(C)C. The van der Waals surface area contributed by atoms with Crippen molar-refractivity contribution >= 4 is 5.78 Å². The maximum atomic E-state index is 11.9. The first kappa shape index (κ1) is 12.9. The summed E-state index contributed by atoms with van der Waals surface area (Å²) in [4.78, 5) is 18.7. The molecule has 0 bridgehead atoms. The third-order valence-electron chi connectivity index (χ3n) is 3.12. The number of nitrogens with zero attached hydrogens (tertiary/aromatic N) is 1. The average Bonchev–Trinajstić information content (AvgIpc) is 2.76. The van der Waals surface area contributed by atoms with Crippen molar-refractivity contribution in [1.82, 2.24) is 9.97 Å². The minimum absolute atomic E-state index is 0.187. The number of carbonyl (C=O) groups excluding carboxylic acids is 1. The fourth-order valence-corrected chi connectivity index (χ4v) is 1.89. The van der Waals surface area contributed by atoms with Crippen LogP contribution >= 0.6 is 0 Å². The number of hydrogen-bond acceptors (Lipinski definition) is 2. The van der Waals surface area contributed by atoms with E-state index in [9.17, 15) is 4.79 Å². The molecule has 0 saturated heterocycles. The number of unbranched alkanes of at least 4 members (excludes halogenated alkanes) is 1. The Bertz CT molecular complexity index is 304. The molecule has 0 aliphatic heterocycles. The van der Waals surface area contributed by atoms with Crippen molar-refractivity contribution in [1.29, 1.82) is 0 Å². The van der Waals surface area contributed by atoms with Crippen LogP contribution in [0.2, 0.25) is 0 Å². The molecule has 3 nitrogen and oxygen atoms in total. The van der Waals surface area contributed by atoms with Crippen molar-refractivity contribution in [2.45, 2.75) is 46.5 Å². The third kappa shape index (κ3) is 3.80. The maximum absolute atomic E-state index is 11.9. The number of hydrogen-bond donors (Lipinski definition) is 1. The van der Waals surface area contributed by atoms with Gasteiger partial charge in [0.2, 0.25) is 0 Å². The van der Waals surface area contributed by atoms with Crippen LogP contribution in [0.4, 0.5) is 0 Å². The van der Waals surface area contributed by atoms with Crippen LogP contribution in [0, 0.1) is 11.8 Å². The second-order valence-electron chi connectivity index (χ2n) is 4.74. The summed E-state index contributed by atoms with van der Waals surface area (Å²) in [6.45, 7) is 6.58. The van der Waals surface area contributed by atoms with E-state index in [0.717, 1.165) is 6.42 Å². The Labute approximate surface area is 97.7 Å². The second-order valence-corrected chi connectivity index (χ2v) is 4.74. The van der Waals surface area contributed by atoms with Crippen LogP contribution in [0.15, 0.2) is 12.5 Å². The van der Waals surface area contributed by atoms with Gasteiger partial charge in [-0.25, -0.2) is 4.98 Å². The number of ketones is 1. The Hall–Kier alpha value is -1.12. The fraction of sp³-hybridized carbons (Fsp3) is 0.692. The zero-order valence-electron chi connectivity index (χ0n) is 10.5. The quantitative estimate of drug-likeness (QED) is 0.718. The lowest BCUT2D eigenvalue weighted by Gasteiger charge is -2.19. The molecule has 0 aliphatic rings. The number of H-pyrrole nitrogens is 1. The summed E-state index contributed by atoms with van der Waals surface area (Å²) in [6, 6.07) is 0. The first-order valence-electron chi connectivity index (χ1n) is 6.16. The molecule has 1 rings (SSSR count). The smallest absolute Gasteiger partial charge is 0.180 e. The minimum atomic E-state index is 0.187. The van der Waals surface area contributed by atoms with Crippen molar-refractivity contribution in [2.24, 2.45) is 11.8 Å². The molecule has 1 aromatic rings. The monoisotopic (exact) mass is 222 g/mol. The van der Waals surface area contributed by atoms with Crippen molar-refractivity contribution in [2.75, 3.05) is 0 Å². The van der Waals surface area contributed by atoms with E-state index in [-0.39, 0.29) is 5.78 Å². The van der Waals surface area contributed by atoms with Crippen LogP contribution in [0.25, 0.3) is 0 Å². The predicted octanol–water partition coefficient (Wildman–Crippen LogP) is 3.44. The van der Waals surface area contributed by atoms with E-state index in [1.807, 2.05) is 0 Å². The number of nitrogens with one attached hydrogen (secondary N) is 1. The number of aromatic nitrogens is 2. The molecule has 1 N–H and O–H groups in total. The van der Waals surface area contributed by atoms with E-state index in [4.69, 9.17) is 0 Å². The molecule has 0 amide bonds. The largest absolute Gasteiger partial charge is 0.342 e. The van der Waals surface area contributed by atoms with Gasteiger partial charge in [0.1, 0.15) is 5.69 Å². The molecule has 1 atom stereocenters. The molecular weight excluding hydrogens is 200 g/mol. The summed E-state index contributed by atoms with van der Waals surface area (Å²) in [5, 5.41) is 0. The molecular formula is C13H22N2O. The Morgan fingerprint density at radius 1 is 1.50 bits per heavy atom. The van der Waals surface area contributed by atoms with Gasteiger partial charge in [0.15, 0.2) is 5.78 Å². The van der Waals surface area contributed by atoms with Gasteiger partial charge in [0.05, 0.1) is 12.5 Å². The molecule has 1 unspecified atom stereocenters. The third-order valence-corrected chi connectivity index (χ3v) is 3.12. The molecule has 0 saturated carbocycles. The molecule has 0 spiro atoms. The van der Waals surface area contributed by atoms with E-state index >= 15 is 0 Å². The van der Waals surface area contributed by atoms with Crippen LogP contribution in [0.3, 0.4) is 0 Å². The second kappa shape index (κ2) is 6.46. The Morgan fingerprint density at radius 2 is 2.25 bits per heavy atom. The van der Waals surface area contributed by atoms with Gasteiger partial charge in [-0.05, 0) is 18.3 Å². The lowest BCUT2D eigenvalue weighted by atomic mass is 9.86. The number of imidazole rings is 1. The van der Waals surface area contributed by atoms with Gasteiger partial charge in [-0.3, -0.25) is 4.79 Å². The van der Waals surface area contributed by atoms with E-state index in [1.54, 1.807) is 12.5 Å². The Kier molecular flexibility index (Phi) is 5.23. The van der Waals surface area contributed by atoms with Gasteiger partial charge in [0.25, 0.3) is 0 Å². The van der Waals surface area contributed by atoms with Gasteiger partial charge in [-0.2, -0.15) is 0 Å². The Morgan fingerprint density at radius 3 is 2.75 bits per heavy atom. The highest BCUT2D eigenvalue weighted by Crippen LogP contribution is 2.23. The molecule has 1 heterocycles. The number of carbonyl (C=O) groups is 1. The van der Waals surface area contributed by atoms with Crippen LogP contribution in [-0.4, -0.2) is 15.8 Å². The molecule has 0 radical (unpaired) electrons. The molecule has 90 valence electrons. The van der Waals surface area contributed by atoms with Crippen molar-refractivity contribution in [3.8, 4) is 0 Å². The topological polar surface area (TPSA) is 45.8 Å². The highest BCUT2D eigenvalue weighted by Gasteiger charge is 2.18. The molecule has 16 heavy (non-hydrogen) atoms. The van der Waals surface area contributed by atoms with Crippen LogP contribution in [0.1, 0.15) is 56.9 Å².